The molecule has 4 aromatic rings. The molecule has 31 heavy (non-hydrogen) atoms. The molecule has 1 N–H and O–H groups in total. The molecular weight excluding hydrogens is 402 g/mol. The number of benzene rings is 2. The zero-order chi connectivity index (χ0) is 21.5. The largest absolute Gasteiger partial charge is 0.324 e. The third kappa shape index (κ3) is 3.58. The van der Waals surface area contributed by atoms with Gasteiger partial charge in [0.05, 0.1) is 23.9 Å². The number of nitrogens with zero attached hydrogens (tertiary/aromatic N) is 5. The van der Waals surface area contributed by atoms with E-state index in [4.69, 9.17) is 0 Å². The molecule has 0 saturated heterocycles. The lowest BCUT2D eigenvalue weighted by Crippen LogP contribution is -2.25. The van der Waals surface area contributed by atoms with Crippen LogP contribution in [0.3, 0.4) is 0 Å². The van der Waals surface area contributed by atoms with Gasteiger partial charge in [-0.2, -0.15) is 0 Å². The number of aromatic nitrogens is 5. The Morgan fingerprint density at radius 2 is 2.00 bits per heavy atom. The van der Waals surface area contributed by atoms with E-state index in [2.05, 4.69) is 20.6 Å². The molecule has 5 rings (SSSR count). The molecule has 0 saturated carbocycles. The van der Waals surface area contributed by atoms with Crippen molar-refractivity contribution >= 4 is 11.6 Å². The average Bonchev–Trinajstić information content (AvgIpc) is 3.36. The average molecular weight is 420 g/mol. The zero-order valence-electron chi connectivity index (χ0n) is 16.6. The van der Waals surface area contributed by atoms with Gasteiger partial charge in [-0.1, -0.05) is 11.3 Å². The number of hydrogen-bond donors (Lipinski definition) is 1. The van der Waals surface area contributed by atoms with Crippen LogP contribution in [0.2, 0.25) is 0 Å². The molecule has 1 unspecified atom stereocenters. The second-order valence-electron chi connectivity index (χ2n) is 7.52. The van der Waals surface area contributed by atoms with Crippen molar-refractivity contribution in [1.29, 1.82) is 0 Å². The Hall–Kier alpha value is -3.88. The van der Waals surface area contributed by atoms with Crippen molar-refractivity contribution in [1.82, 2.24) is 24.5 Å². The minimum absolute atomic E-state index is 0.251. The van der Waals surface area contributed by atoms with Crippen molar-refractivity contribution in [2.45, 2.75) is 25.8 Å². The minimum Gasteiger partial charge on any atom is -0.324 e. The molecule has 3 heterocycles. The monoisotopic (exact) mass is 420 g/mol. The van der Waals surface area contributed by atoms with Crippen LogP contribution < -0.4 is 5.32 Å². The number of carbonyl (C=O) groups excluding carboxylic acids is 1. The minimum atomic E-state index is -0.602. The number of hydrogen-bond acceptors (Lipinski definition) is 4. The molecule has 9 heteroatoms. The smallest absolute Gasteiger partial charge is 0.249 e. The molecule has 0 radical (unpaired) electrons. The number of rotatable bonds is 3. The summed E-state index contributed by atoms with van der Waals surface area (Å²) in [7, 11) is 0. The maximum absolute atomic E-state index is 14.7. The Morgan fingerprint density at radius 1 is 1.13 bits per heavy atom. The van der Waals surface area contributed by atoms with E-state index in [1.54, 1.807) is 41.5 Å². The van der Waals surface area contributed by atoms with E-state index in [0.717, 1.165) is 11.3 Å². The fraction of sp³-hybridized carbons (Fsp3) is 0.182. The molecule has 0 fully saturated rings. The quantitative estimate of drug-likeness (QED) is 0.546. The van der Waals surface area contributed by atoms with Crippen LogP contribution in [-0.4, -0.2) is 30.5 Å². The third-order valence-corrected chi connectivity index (χ3v) is 5.38. The van der Waals surface area contributed by atoms with Crippen molar-refractivity contribution in [3.8, 4) is 16.9 Å². The first-order valence-corrected chi connectivity index (χ1v) is 9.80. The summed E-state index contributed by atoms with van der Waals surface area (Å²) in [6.07, 6.45) is 5.87. The lowest BCUT2D eigenvalue weighted by molar-refractivity contribution is -0.119. The highest BCUT2D eigenvalue weighted by molar-refractivity contribution is 5.95. The van der Waals surface area contributed by atoms with E-state index in [9.17, 15) is 13.6 Å². The molecular formula is C22H18F2N6O. The molecule has 2 aromatic carbocycles. The van der Waals surface area contributed by atoms with Gasteiger partial charge in [-0.15, -0.1) is 5.10 Å². The molecule has 0 spiro atoms. The SMILES string of the molecule is Cc1cn(-c2ccc(-c3cn(C4CCc5cc(F)ccc5NC4=O)nn3)cc2F)cn1. The second-order valence-corrected chi connectivity index (χ2v) is 7.52. The highest BCUT2D eigenvalue weighted by Gasteiger charge is 2.26. The Balaban J connectivity index is 1.40. The molecule has 2 aromatic heterocycles. The lowest BCUT2D eigenvalue weighted by Gasteiger charge is -2.12. The molecule has 156 valence electrons. The first kappa shape index (κ1) is 19.1. The molecule has 0 aliphatic carbocycles. The molecule has 1 amide bonds. The number of fused-ring (bicyclic) bond motifs is 1. The van der Waals surface area contributed by atoms with Crippen LogP contribution in [0.25, 0.3) is 16.9 Å². The summed E-state index contributed by atoms with van der Waals surface area (Å²) in [5.74, 6) is -1.02. The van der Waals surface area contributed by atoms with E-state index in [1.807, 2.05) is 6.92 Å². The van der Waals surface area contributed by atoms with E-state index < -0.39 is 11.9 Å². The van der Waals surface area contributed by atoms with Gasteiger partial charge in [0.25, 0.3) is 0 Å². The standard InChI is InChI=1S/C22H18F2N6O/c1-13-10-29(12-25-13)20-6-2-15(9-17(20)24)19-11-30(28-27-19)21-7-3-14-8-16(23)4-5-18(14)26-22(21)31/h2,4-6,8-12,21H,3,7H2,1H3,(H,26,31). The number of anilines is 1. The van der Waals surface area contributed by atoms with Crippen LogP contribution >= 0.6 is 0 Å². The topological polar surface area (TPSA) is 77.6 Å². The number of nitrogens with one attached hydrogen (secondary N) is 1. The molecule has 1 aliphatic heterocycles. The number of aryl methyl sites for hydroxylation is 2. The van der Waals surface area contributed by atoms with Crippen LogP contribution in [-0.2, 0) is 11.2 Å². The molecule has 7 nitrogen and oxygen atoms in total. The first-order valence-electron chi connectivity index (χ1n) is 9.80. The van der Waals surface area contributed by atoms with Gasteiger partial charge in [0.1, 0.15) is 23.4 Å². The van der Waals surface area contributed by atoms with Crippen LogP contribution in [0.15, 0.2) is 55.1 Å². The molecule has 1 aliphatic rings. The van der Waals surface area contributed by atoms with Crippen molar-refractivity contribution in [2.24, 2.45) is 0 Å². The normalized spacial score (nSPS) is 16.0. The highest BCUT2D eigenvalue weighted by atomic mass is 19.1. The first-order chi connectivity index (χ1) is 15.0. The van der Waals surface area contributed by atoms with Crippen molar-refractivity contribution in [3.63, 3.8) is 0 Å². The summed E-state index contributed by atoms with van der Waals surface area (Å²) in [4.78, 5) is 16.8. The van der Waals surface area contributed by atoms with E-state index in [0.29, 0.717) is 35.5 Å². The van der Waals surface area contributed by atoms with Gasteiger partial charge in [0.15, 0.2) is 0 Å². The molecule has 0 bridgehead atoms. The summed E-state index contributed by atoms with van der Waals surface area (Å²) in [6, 6.07) is 8.47. The van der Waals surface area contributed by atoms with Gasteiger partial charge in [-0.25, -0.2) is 18.4 Å². The van der Waals surface area contributed by atoms with Crippen LogP contribution in [0, 0.1) is 18.6 Å². The lowest BCUT2D eigenvalue weighted by atomic mass is 10.1. The maximum atomic E-state index is 14.7. The van der Waals surface area contributed by atoms with Crippen LogP contribution in [0.1, 0.15) is 23.7 Å². The fourth-order valence-corrected chi connectivity index (χ4v) is 3.77. The second kappa shape index (κ2) is 7.42. The van der Waals surface area contributed by atoms with Gasteiger partial charge in [0, 0.05) is 17.4 Å². The fourth-order valence-electron chi connectivity index (χ4n) is 3.77. The predicted octanol–water partition coefficient (Wildman–Crippen LogP) is 3.84. The van der Waals surface area contributed by atoms with Gasteiger partial charge in [0.2, 0.25) is 5.91 Å². The Morgan fingerprint density at radius 3 is 2.77 bits per heavy atom. The zero-order valence-corrected chi connectivity index (χ0v) is 16.6. The van der Waals surface area contributed by atoms with Gasteiger partial charge in [-0.05, 0) is 55.7 Å². The number of amides is 1. The summed E-state index contributed by atoms with van der Waals surface area (Å²) in [5.41, 5.74) is 3.50. The van der Waals surface area contributed by atoms with Crippen molar-refractivity contribution < 1.29 is 13.6 Å². The van der Waals surface area contributed by atoms with Gasteiger partial charge >= 0.3 is 0 Å². The van der Waals surface area contributed by atoms with Crippen LogP contribution in [0.5, 0.6) is 0 Å². The predicted molar refractivity (Wildman–Crippen MR) is 110 cm³/mol. The Bertz CT molecular complexity index is 1290. The summed E-state index contributed by atoms with van der Waals surface area (Å²) >= 11 is 0. The highest BCUT2D eigenvalue weighted by Crippen LogP contribution is 2.29. The summed E-state index contributed by atoms with van der Waals surface area (Å²) < 4.78 is 31.3. The number of carbonyl (C=O) groups is 1. The number of imidazole rings is 1. The van der Waals surface area contributed by atoms with Gasteiger partial charge in [-0.3, -0.25) is 4.79 Å². The number of halogens is 2. The van der Waals surface area contributed by atoms with Crippen molar-refractivity contribution in [2.75, 3.05) is 5.32 Å². The van der Waals surface area contributed by atoms with E-state index in [1.165, 1.54) is 22.9 Å². The maximum Gasteiger partial charge on any atom is 0.249 e. The van der Waals surface area contributed by atoms with Gasteiger partial charge < -0.3 is 9.88 Å². The summed E-state index contributed by atoms with van der Waals surface area (Å²) in [5, 5.41) is 11.0. The Labute approximate surface area is 176 Å². The van der Waals surface area contributed by atoms with E-state index in [-0.39, 0.29) is 11.7 Å². The van der Waals surface area contributed by atoms with Crippen LogP contribution in [0.4, 0.5) is 14.5 Å². The molecule has 1 atom stereocenters. The summed E-state index contributed by atoms with van der Waals surface area (Å²) in [6.45, 7) is 1.83. The van der Waals surface area contributed by atoms with E-state index >= 15 is 0 Å². The Kier molecular flexibility index (Phi) is 4.58. The van der Waals surface area contributed by atoms with Crippen molar-refractivity contribution in [3.05, 3.63) is 78.0 Å². The third-order valence-electron chi connectivity index (χ3n) is 5.38.